The molecule has 1 aromatic carbocycles. The maximum Gasteiger partial charge on any atom is 0.416 e. The molecule has 0 radical (unpaired) electrons. The average Bonchev–Trinajstić information content (AvgIpc) is 2.47. The fourth-order valence-corrected chi connectivity index (χ4v) is 3.78. The monoisotopic (exact) mass is 341 g/mol. The smallest absolute Gasteiger partial charge is 0.381 e. The van der Waals surface area contributed by atoms with Crippen LogP contribution in [0.25, 0.3) is 0 Å². The van der Waals surface area contributed by atoms with E-state index in [2.05, 4.69) is 10.3 Å². The number of nitrogens with two attached hydrogens (primary N) is 1. The summed E-state index contributed by atoms with van der Waals surface area (Å²) in [5, 5.41) is 3.21. The Labute approximate surface area is 139 Å². The first kappa shape index (κ1) is 17.1. The van der Waals surface area contributed by atoms with Gasteiger partial charge in [-0.1, -0.05) is 18.6 Å². The lowest BCUT2D eigenvalue weighted by atomic mass is 9.51. The lowest BCUT2D eigenvalue weighted by Gasteiger charge is -2.60. The minimum Gasteiger partial charge on any atom is -0.381 e. The summed E-state index contributed by atoms with van der Waals surface area (Å²) in [4.78, 5) is 4.19. The zero-order chi connectivity index (χ0) is 17.4. The van der Waals surface area contributed by atoms with Crippen molar-refractivity contribution in [3.63, 3.8) is 0 Å². The van der Waals surface area contributed by atoms with Crippen molar-refractivity contribution in [3.05, 3.63) is 35.4 Å². The van der Waals surface area contributed by atoms with E-state index in [4.69, 9.17) is 10.5 Å². The van der Waals surface area contributed by atoms with Gasteiger partial charge in [-0.05, 0) is 37.0 Å². The maximum absolute atomic E-state index is 12.7. The van der Waals surface area contributed by atoms with Gasteiger partial charge in [-0.25, -0.2) is 4.99 Å². The molecule has 0 saturated heterocycles. The average molecular weight is 341 g/mol. The molecule has 1 aromatic rings. The minimum absolute atomic E-state index is 0.121. The lowest BCUT2D eigenvalue weighted by molar-refractivity contribution is -0.156. The number of nitrogens with zero attached hydrogens (tertiary/aromatic N) is 1. The Hall–Kier alpha value is -1.76. The topological polar surface area (TPSA) is 59.6 Å². The van der Waals surface area contributed by atoms with E-state index in [1.807, 2.05) is 0 Å². The summed E-state index contributed by atoms with van der Waals surface area (Å²) in [6.45, 7) is 0.121. The Balaban J connectivity index is 1.59. The molecule has 132 valence electrons. The molecule has 1 spiro atoms. The van der Waals surface area contributed by atoms with Crippen molar-refractivity contribution in [1.29, 1.82) is 0 Å². The van der Waals surface area contributed by atoms with Gasteiger partial charge in [-0.3, -0.25) is 0 Å². The fraction of sp³-hybridized carbons (Fsp3) is 0.588. The van der Waals surface area contributed by atoms with E-state index in [0.29, 0.717) is 5.56 Å². The second-order valence-corrected chi connectivity index (χ2v) is 6.64. The molecular formula is C17H22F3N3O. The molecule has 2 atom stereocenters. The van der Waals surface area contributed by atoms with Gasteiger partial charge in [0.2, 0.25) is 0 Å². The van der Waals surface area contributed by atoms with E-state index < -0.39 is 11.7 Å². The van der Waals surface area contributed by atoms with Gasteiger partial charge in [0.15, 0.2) is 5.96 Å². The van der Waals surface area contributed by atoms with Gasteiger partial charge >= 0.3 is 6.18 Å². The van der Waals surface area contributed by atoms with E-state index in [1.54, 1.807) is 13.2 Å². The second-order valence-electron chi connectivity index (χ2n) is 6.64. The van der Waals surface area contributed by atoms with E-state index in [-0.39, 0.29) is 30.1 Å². The van der Waals surface area contributed by atoms with Crippen LogP contribution in [0.3, 0.4) is 0 Å². The fourth-order valence-electron chi connectivity index (χ4n) is 3.78. The van der Waals surface area contributed by atoms with Gasteiger partial charge < -0.3 is 15.8 Å². The predicted octanol–water partition coefficient (Wildman–Crippen LogP) is 3.07. The minimum atomic E-state index is -4.35. The largest absolute Gasteiger partial charge is 0.416 e. The molecule has 24 heavy (non-hydrogen) atoms. The number of ether oxygens (including phenoxy) is 1. The summed E-state index contributed by atoms with van der Waals surface area (Å²) in [6.07, 6.45) is 0.227. The van der Waals surface area contributed by atoms with Gasteiger partial charge in [0.1, 0.15) is 0 Å². The third-order valence-electron chi connectivity index (χ3n) is 5.36. The van der Waals surface area contributed by atoms with Crippen molar-refractivity contribution >= 4 is 5.96 Å². The first-order chi connectivity index (χ1) is 11.3. The van der Waals surface area contributed by atoms with Crippen molar-refractivity contribution in [2.75, 3.05) is 7.11 Å². The molecular weight excluding hydrogens is 319 g/mol. The summed E-state index contributed by atoms with van der Waals surface area (Å²) in [7, 11) is 1.73. The van der Waals surface area contributed by atoms with E-state index >= 15 is 0 Å². The number of methoxy groups -OCH3 is 1. The van der Waals surface area contributed by atoms with Crippen LogP contribution in [0.15, 0.2) is 29.3 Å². The molecule has 0 heterocycles. The van der Waals surface area contributed by atoms with E-state index in [0.717, 1.165) is 31.4 Å². The first-order valence-electron chi connectivity index (χ1n) is 8.10. The highest BCUT2D eigenvalue weighted by Crippen LogP contribution is 2.57. The number of alkyl halides is 3. The van der Waals surface area contributed by atoms with Crippen LogP contribution in [0, 0.1) is 5.41 Å². The Bertz CT molecular complexity index is 626. The van der Waals surface area contributed by atoms with Crippen molar-refractivity contribution < 1.29 is 17.9 Å². The van der Waals surface area contributed by atoms with E-state index in [1.165, 1.54) is 12.5 Å². The van der Waals surface area contributed by atoms with Crippen molar-refractivity contribution in [3.8, 4) is 0 Å². The normalized spacial score (nSPS) is 25.9. The Morgan fingerprint density at radius 3 is 2.75 bits per heavy atom. The first-order valence-corrected chi connectivity index (χ1v) is 8.10. The van der Waals surface area contributed by atoms with Gasteiger partial charge in [-0.2, -0.15) is 13.2 Å². The molecule has 2 saturated carbocycles. The van der Waals surface area contributed by atoms with Crippen LogP contribution in [-0.4, -0.2) is 25.2 Å². The number of nitrogens with one attached hydrogen (secondary N) is 1. The number of rotatable bonds is 4. The van der Waals surface area contributed by atoms with Crippen molar-refractivity contribution in [1.82, 2.24) is 5.32 Å². The molecule has 0 aliphatic heterocycles. The van der Waals surface area contributed by atoms with Crippen LogP contribution in [0.5, 0.6) is 0 Å². The molecule has 2 aliphatic rings. The third-order valence-corrected chi connectivity index (χ3v) is 5.36. The highest BCUT2D eigenvalue weighted by molar-refractivity contribution is 5.78. The van der Waals surface area contributed by atoms with Crippen LogP contribution in [0.4, 0.5) is 13.2 Å². The Kier molecular flexibility index (Phi) is 4.46. The summed E-state index contributed by atoms with van der Waals surface area (Å²) in [5.74, 6) is 0.276. The van der Waals surface area contributed by atoms with Crippen LogP contribution < -0.4 is 11.1 Å². The molecule has 0 bridgehead atoms. The number of hydrogen-bond acceptors (Lipinski definition) is 2. The lowest BCUT2D eigenvalue weighted by Crippen LogP contribution is -2.68. The standard InChI is InChI=1S/C17H22F3N3O/c1-24-14-9-13(16(14)6-3-7-16)23-15(21)22-10-11-4-2-5-12(8-11)17(18,19)20/h2,4-5,8,13-14H,3,6-7,9-10H2,1H3,(H3,21,22,23). The van der Waals surface area contributed by atoms with Gasteiger partial charge in [0, 0.05) is 18.6 Å². The van der Waals surface area contributed by atoms with Crippen molar-refractivity contribution in [2.45, 2.75) is 50.6 Å². The number of hydrogen-bond donors (Lipinski definition) is 2. The molecule has 3 N–H and O–H groups in total. The number of halogens is 3. The Morgan fingerprint density at radius 1 is 1.42 bits per heavy atom. The summed E-state index contributed by atoms with van der Waals surface area (Å²) in [5.41, 5.74) is 5.89. The SMILES string of the molecule is COC1CC(NC(N)=NCc2cccc(C(F)(F)F)c2)C12CCC2. The quantitative estimate of drug-likeness (QED) is 0.654. The predicted molar refractivity (Wildman–Crippen MR) is 85.4 cm³/mol. The molecule has 2 fully saturated rings. The number of aliphatic imine (C=N–C) groups is 1. The van der Waals surface area contributed by atoms with E-state index in [9.17, 15) is 13.2 Å². The number of benzene rings is 1. The van der Waals surface area contributed by atoms with Crippen LogP contribution in [0.1, 0.15) is 36.8 Å². The highest BCUT2D eigenvalue weighted by Gasteiger charge is 2.58. The van der Waals surface area contributed by atoms with Gasteiger partial charge in [0.25, 0.3) is 0 Å². The maximum atomic E-state index is 12.7. The molecule has 7 heteroatoms. The molecule has 3 rings (SSSR count). The Morgan fingerprint density at radius 2 is 2.17 bits per heavy atom. The van der Waals surface area contributed by atoms with Gasteiger partial charge in [-0.15, -0.1) is 0 Å². The summed E-state index contributed by atoms with van der Waals surface area (Å²) < 4.78 is 43.6. The second kappa shape index (κ2) is 6.27. The molecule has 2 unspecified atom stereocenters. The number of guanidine groups is 1. The highest BCUT2D eigenvalue weighted by atomic mass is 19.4. The molecule has 4 nitrogen and oxygen atoms in total. The van der Waals surface area contributed by atoms with Crippen molar-refractivity contribution in [2.24, 2.45) is 16.1 Å². The summed E-state index contributed by atoms with van der Waals surface area (Å²) in [6, 6.07) is 5.39. The van der Waals surface area contributed by atoms with Crippen LogP contribution in [0.2, 0.25) is 0 Å². The molecule has 0 amide bonds. The molecule has 0 aromatic heterocycles. The zero-order valence-electron chi connectivity index (χ0n) is 13.6. The molecule has 2 aliphatic carbocycles. The van der Waals surface area contributed by atoms with Crippen LogP contribution >= 0.6 is 0 Å². The third kappa shape index (κ3) is 3.09. The zero-order valence-corrected chi connectivity index (χ0v) is 13.6. The summed E-state index contributed by atoms with van der Waals surface area (Å²) >= 11 is 0. The van der Waals surface area contributed by atoms with Crippen LogP contribution in [-0.2, 0) is 17.5 Å². The van der Waals surface area contributed by atoms with Gasteiger partial charge in [0.05, 0.1) is 18.2 Å².